The third kappa shape index (κ3) is 1.96. The van der Waals surface area contributed by atoms with Gasteiger partial charge in [0.25, 0.3) is 0 Å². The second-order valence-electron chi connectivity index (χ2n) is 3.82. The Morgan fingerprint density at radius 2 is 2.06 bits per heavy atom. The van der Waals surface area contributed by atoms with Crippen molar-refractivity contribution in [2.24, 2.45) is 0 Å². The molecule has 1 heterocycles. The average molecular weight is 234 g/mol. The fourth-order valence-corrected chi connectivity index (χ4v) is 2.90. The molecule has 2 rings (SSSR count). The maximum Gasteiger partial charge on any atom is 0.139 e. The highest BCUT2D eigenvalue weighted by atomic mass is 32.2. The lowest BCUT2D eigenvalue weighted by atomic mass is 10.1. The van der Waals surface area contributed by atoms with Crippen molar-refractivity contribution in [3.63, 3.8) is 0 Å². The van der Waals surface area contributed by atoms with Gasteiger partial charge in [0, 0.05) is 24.6 Å². The van der Waals surface area contributed by atoms with Gasteiger partial charge in [0.15, 0.2) is 0 Å². The zero-order valence-electron chi connectivity index (χ0n) is 9.23. The first kappa shape index (κ1) is 11.2. The van der Waals surface area contributed by atoms with Crippen LogP contribution in [-0.4, -0.2) is 29.7 Å². The molecule has 0 aliphatic carbocycles. The summed E-state index contributed by atoms with van der Waals surface area (Å²) in [6.07, 6.45) is 0. The van der Waals surface area contributed by atoms with Crippen LogP contribution < -0.4 is 4.90 Å². The maximum absolute atomic E-state index is 9.91. The number of rotatable bonds is 1. The molecule has 16 heavy (non-hydrogen) atoms. The van der Waals surface area contributed by atoms with E-state index in [-0.39, 0.29) is 5.75 Å². The van der Waals surface area contributed by atoms with Gasteiger partial charge in [-0.1, -0.05) is 0 Å². The standard InChI is InChI=1S/C12H14N2OS/c1-9-10(8-13)2-3-11(15)12(9)14-4-6-16-7-5-14/h2-3,15H,4-7H2,1H3. The largest absolute Gasteiger partial charge is 0.506 e. The zero-order chi connectivity index (χ0) is 11.5. The predicted molar refractivity (Wildman–Crippen MR) is 67.1 cm³/mol. The number of benzene rings is 1. The fraction of sp³-hybridized carbons (Fsp3) is 0.417. The minimum Gasteiger partial charge on any atom is -0.506 e. The minimum absolute atomic E-state index is 0.281. The van der Waals surface area contributed by atoms with Crippen LogP contribution in [0.25, 0.3) is 0 Å². The number of nitrogens with zero attached hydrogens (tertiary/aromatic N) is 2. The van der Waals surface area contributed by atoms with Gasteiger partial charge < -0.3 is 10.0 Å². The normalized spacial score (nSPS) is 15.9. The van der Waals surface area contributed by atoms with Crippen molar-refractivity contribution in [2.75, 3.05) is 29.5 Å². The smallest absolute Gasteiger partial charge is 0.139 e. The first-order chi connectivity index (χ1) is 7.74. The predicted octanol–water partition coefficient (Wildman–Crippen LogP) is 2.13. The van der Waals surface area contributed by atoms with Gasteiger partial charge in [0.2, 0.25) is 0 Å². The van der Waals surface area contributed by atoms with E-state index < -0.39 is 0 Å². The summed E-state index contributed by atoms with van der Waals surface area (Å²) < 4.78 is 0. The van der Waals surface area contributed by atoms with E-state index in [2.05, 4.69) is 11.0 Å². The van der Waals surface area contributed by atoms with Crippen LogP contribution in [0.2, 0.25) is 0 Å². The number of hydrogen-bond acceptors (Lipinski definition) is 4. The molecule has 0 spiro atoms. The highest BCUT2D eigenvalue weighted by molar-refractivity contribution is 7.99. The molecule has 0 amide bonds. The van der Waals surface area contributed by atoms with Crippen LogP contribution in [0.15, 0.2) is 12.1 Å². The molecule has 1 fully saturated rings. The van der Waals surface area contributed by atoms with Crippen molar-refractivity contribution in [3.8, 4) is 11.8 Å². The molecule has 0 saturated carbocycles. The van der Waals surface area contributed by atoms with E-state index in [4.69, 9.17) is 5.26 Å². The number of anilines is 1. The van der Waals surface area contributed by atoms with Crippen LogP contribution >= 0.6 is 11.8 Å². The summed E-state index contributed by atoms with van der Waals surface area (Å²) in [6.45, 7) is 3.78. The number of nitriles is 1. The van der Waals surface area contributed by atoms with Crippen molar-refractivity contribution >= 4 is 17.4 Å². The van der Waals surface area contributed by atoms with Gasteiger partial charge in [0.1, 0.15) is 5.75 Å². The van der Waals surface area contributed by atoms with Crippen LogP contribution in [-0.2, 0) is 0 Å². The first-order valence-corrected chi connectivity index (χ1v) is 6.45. The Morgan fingerprint density at radius 1 is 1.38 bits per heavy atom. The number of thioether (sulfide) groups is 1. The van der Waals surface area contributed by atoms with Crippen molar-refractivity contribution in [3.05, 3.63) is 23.3 Å². The van der Waals surface area contributed by atoms with E-state index in [1.54, 1.807) is 12.1 Å². The summed E-state index contributed by atoms with van der Waals surface area (Å²) >= 11 is 1.93. The van der Waals surface area contributed by atoms with Crippen LogP contribution in [0, 0.1) is 18.3 Å². The zero-order valence-corrected chi connectivity index (χ0v) is 10.0. The van der Waals surface area contributed by atoms with Gasteiger partial charge >= 0.3 is 0 Å². The number of aromatic hydroxyl groups is 1. The van der Waals surface area contributed by atoms with Gasteiger partial charge in [0.05, 0.1) is 17.3 Å². The summed E-state index contributed by atoms with van der Waals surface area (Å²) in [4.78, 5) is 2.17. The van der Waals surface area contributed by atoms with Crippen LogP contribution in [0.1, 0.15) is 11.1 Å². The lowest BCUT2D eigenvalue weighted by Gasteiger charge is -2.30. The lowest BCUT2D eigenvalue weighted by molar-refractivity contribution is 0.473. The second kappa shape index (κ2) is 4.67. The van der Waals surface area contributed by atoms with Crippen LogP contribution in [0.4, 0.5) is 5.69 Å². The van der Waals surface area contributed by atoms with Gasteiger partial charge in [-0.25, -0.2) is 0 Å². The Balaban J connectivity index is 2.42. The van der Waals surface area contributed by atoms with Gasteiger partial charge in [-0.15, -0.1) is 0 Å². The highest BCUT2D eigenvalue weighted by Crippen LogP contribution is 2.34. The SMILES string of the molecule is Cc1c(C#N)ccc(O)c1N1CCSCC1. The van der Waals surface area contributed by atoms with E-state index in [0.29, 0.717) is 5.56 Å². The minimum atomic E-state index is 0.281. The van der Waals surface area contributed by atoms with Crippen molar-refractivity contribution in [2.45, 2.75) is 6.92 Å². The summed E-state index contributed by atoms with van der Waals surface area (Å²) in [6, 6.07) is 5.45. The van der Waals surface area contributed by atoms with Gasteiger partial charge in [-0.05, 0) is 24.6 Å². The van der Waals surface area contributed by atoms with Gasteiger partial charge in [-0.3, -0.25) is 0 Å². The molecule has 0 atom stereocenters. The van der Waals surface area contributed by atoms with Crippen molar-refractivity contribution in [1.82, 2.24) is 0 Å². The first-order valence-electron chi connectivity index (χ1n) is 5.29. The van der Waals surface area contributed by atoms with Crippen LogP contribution in [0.3, 0.4) is 0 Å². The lowest BCUT2D eigenvalue weighted by Crippen LogP contribution is -2.33. The molecule has 0 aromatic heterocycles. The summed E-state index contributed by atoms with van der Waals surface area (Å²) in [5, 5.41) is 18.9. The molecule has 3 nitrogen and oxygen atoms in total. The third-order valence-electron chi connectivity index (χ3n) is 2.86. The average Bonchev–Trinajstić information content (AvgIpc) is 2.31. The summed E-state index contributed by atoms with van der Waals surface area (Å²) in [7, 11) is 0. The molecule has 4 heteroatoms. The molecule has 1 aromatic rings. The molecular formula is C12H14N2OS. The maximum atomic E-state index is 9.91. The van der Waals surface area contributed by atoms with Crippen LogP contribution in [0.5, 0.6) is 5.75 Å². The van der Waals surface area contributed by atoms with E-state index in [9.17, 15) is 5.11 Å². The molecule has 0 bridgehead atoms. The highest BCUT2D eigenvalue weighted by Gasteiger charge is 2.18. The molecule has 1 saturated heterocycles. The number of phenols is 1. The fourth-order valence-electron chi connectivity index (χ4n) is 1.99. The van der Waals surface area contributed by atoms with E-state index in [0.717, 1.165) is 35.8 Å². The Morgan fingerprint density at radius 3 is 2.69 bits per heavy atom. The molecular weight excluding hydrogens is 220 g/mol. The molecule has 1 N–H and O–H groups in total. The molecule has 0 unspecified atom stereocenters. The Hall–Kier alpha value is -1.34. The summed E-state index contributed by atoms with van der Waals surface area (Å²) in [5.74, 6) is 2.44. The number of hydrogen-bond donors (Lipinski definition) is 1. The Labute approximate surface area is 99.7 Å². The Kier molecular flexibility index (Phi) is 3.25. The Bertz CT molecular complexity index is 433. The monoisotopic (exact) mass is 234 g/mol. The summed E-state index contributed by atoms with van der Waals surface area (Å²) in [5.41, 5.74) is 2.36. The topological polar surface area (TPSA) is 47.3 Å². The van der Waals surface area contributed by atoms with Crippen molar-refractivity contribution in [1.29, 1.82) is 5.26 Å². The molecule has 1 aliphatic heterocycles. The van der Waals surface area contributed by atoms with E-state index in [1.165, 1.54) is 0 Å². The molecule has 0 radical (unpaired) electrons. The number of phenolic OH excluding ortho intramolecular Hbond substituents is 1. The third-order valence-corrected chi connectivity index (χ3v) is 3.80. The molecule has 1 aliphatic rings. The van der Waals surface area contributed by atoms with E-state index in [1.807, 2.05) is 18.7 Å². The molecule has 1 aromatic carbocycles. The van der Waals surface area contributed by atoms with Gasteiger partial charge in [-0.2, -0.15) is 17.0 Å². The van der Waals surface area contributed by atoms with Crippen molar-refractivity contribution < 1.29 is 5.11 Å². The van der Waals surface area contributed by atoms with E-state index >= 15 is 0 Å². The quantitative estimate of drug-likeness (QED) is 0.808. The second-order valence-corrected chi connectivity index (χ2v) is 5.04. The molecule has 84 valence electrons.